The number of amides is 1. The van der Waals surface area contributed by atoms with Gasteiger partial charge in [-0.25, -0.2) is 14.6 Å². The van der Waals surface area contributed by atoms with Crippen LogP contribution in [0.5, 0.6) is 5.75 Å². The summed E-state index contributed by atoms with van der Waals surface area (Å²) in [7, 11) is 0. The molecule has 0 aliphatic carbocycles. The summed E-state index contributed by atoms with van der Waals surface area (Å²) >= 11 is 0. The highest BCUT2D eigenvalue weighted by Crippen LogP contribution is 2.15. The predicted octanol–water partition coefficient (Wildman–Crippen LogP) is 2.85. The van der Waals surface area contributed by atoms with Crippen molar-refractivity contribution in [1.29, 1.82) is 0 Å². The number of hydrazone groups is 1. The molecule has 0 fully saturated rings. The van der Waals surface area contributed by atoms with Crippen LogP contribution in [0.25, 0.3) is 11.0 Å². The minimum Gasteiger partial charge on any atom is -0.481 e. The molecule has 1 heterocycles. The Morgan fingerprint density at radius 1 is 1.19 bits per heavy atom. The van der Waals surface area contributed by atoms with Crippen molar-refractivity contribution in [3.05, 3.63) is 76.4 Å². The third kappa shape index (κ3) is 3.94. The molecule has 0 aliphatic heterocycles. The number of benzene rings is 2. The second-order valence-electron chi connectivity index (χ2n) is 5.44. The number of hydrogen-bond donors (Lipinski definition) is 1. The fraction of sp³-hybridized carbons (Fsp3) is 0.105. The second-order valence-corrected chi connectivity index (χ2v) is 5.44. The van der Waals surface area contributed by atoms with Gasteiger partial charge in [-0.2, -0.15) is 5.10 Å². The van der Waals surface area contributed by atoms with E-state index in [9.17, 15) is 14.0 Å². The molecule has 0 bridgehead atoms. The fourth-order valence-electron chi connectivity index (χ4n) is 2.26. The highest BCUT2D eigenvalue weighted by Gasteiger charge is 2.10. The topological polar surface area (TPSA) is 80.9 Å². The summed E-state index contributed by atoms with van der Waals surface area (Å²) in [5.41, 5.74) is 2.70. The number of rotatable bonds is 5. The van der Waals surface area contributed by atoms with Gasteiger partial charge in [-0.05, 0) is 31.2 Å². The molecule has 132 valence electrons. The van der Waals surface area contributed by atoms with E-state index < -0.39 is 24.0 Å². The van der Waals surface area contributed by atoms with E-state index in [0.29, 0.717) is 5.58 Å². The van der Waals surface area contributed by atoms with Crippen molar-refractivity contribution in [3.8, 4) is 5.75 Å². The Kier molecular flexibility index (Phi) is 5.07. The van der Waals surface area contributed by atoms with Crippen LogP contribution < -0.4 is 15.8 Å². The SMILES string of the molecule is C/C(=N/NC(=O)COc1ccccc1F)c1cc2ccccc2oc1=O. The molecule has 0 saturated carbocycles. The van der Waals surface area contributed by atoms with Crippen LogP contribution in [0.4, 0.5) is 4.39 Å². The van der Waals surface area contributed by atoms with Gasteiger partial charge < -0.3 is 9.15 Å². The van der Waals surface area contributed by atoms with E-state index in [2.05, 4.69) is 10.5 Å². The first-order valence-electron chi connectivity index (χ1n) is 7.78. The molecule has 26 heavy (non-hydrogen) atoms. The number of carbonyl (C=O) groups excluding carboxylic acids is 1. The molecule has 3 aromatic rings. The van der Waals surface area contributed by atoms with Gasteiger partial charge in [0.25, 0.3) is 5.91 Å². The number of carbonyl (C=O) groups is 1. The molecule has 0 radical (unpaired) electrons. The zero-order valence-corrected chi connectivity index (χ0v) is 13.9. The highest BCUT2D eigenvalue weighted by molar-refractivity contribution is 6.00. The minimum absolute atomic E-state index is 0.0291. The zero-order valence-electron chi connectivity index (χ0n) is 13.9. The van der Waals surface area contributed by atoms with Crippen molar-refractivity contribution in [2.45, 2.75) is 6.92 Å². The maximum atomic E-state index is 13.4. The number of hydrogen-bond acceptors (Lipinski definition) is 5. The Bertz CT molecular complexity index is 1040. The molecule has 2 aromatic carbocycles. The lowest BCUT2D eigenvalue weighted by atomic mass is 10.1. The number of fused-ring (bicyclic) bond motifs is 1. The molecule has 0 saturated heterocycles. The smallest absolute Gasteiger partial charge is 0.345 e. The predicted molar refractivity (Wildman–Crippen MR) is 94.7 cm³/mol. The van der Waals surface area contributed by atoms with Gasteiger partial charge in [-0.3, -0.25) is 4.79 Å². The summed E-state index contributed by atoms with van der Waals surface area (Å²) in [6, 6.07) is 14.5. The Balaban J connectivity index is 1.68. The first-order chi connectivity index (χ1) is 12.5. The van der Waals surface area contributed by atoms with Crippen molar-refractivity contribution >= 4 is 22.6 Å². The lowest BCUT2D eigenvalue weighted by Crippen LogP contribution is -2.26. The van der Waals surface area contributed by atoms with Crippen molar-refractivity contribution in [2.24, 2.45) is 5.10 Å². The Morgan fingerprint density at radius 2 is 1.92 bits per heavy atom. The summed E-state index contributed by atoms with van der Waals surface area (Å²) in [5.74, 6) is -1.18. The van der Waals surface area contributed by atoms with Gasteiger partial charge in [0, 0.05) is 5.39 Å². The molecule has 6 nitrogen and oxygen atoms in total. The maximum absolute atomic E-state index is 13.4. The lowest BCUT2D eigenvalue weighted by Gasteiger charge is -2.06. The minimum atomic E-state index is -0.585. The molecule has 0 atom stereocenters. The number of nitrogens with zero attached hydrogens (tertiary/aromatic N) is 1. The monoisotopic (exact) mass is 354 g/mol. The van der Waals surface area contributed by atoms with Gasteiger partial charge in [0.2, 0.25) is 0 Å². The van der Waals surface area contributed by atoms with E-state index in [4.69, 9.17) is 9.15 Å². The zero-order chi connectivity index (χ0) is 18.5. The van der Waals surface area contributed by atoms with Gasteiger partial charge >= 0.3 is 5.63 Å². The second kappa shape index (κ2) is 7.60. The van der Waals surface area contributed by atoms with Crippen LogP contribution in [-0.2, 0) is 4.79 Å². The number of halogens is 1. The van der Waals surface area contributed by atoms with Gasteiger partial charge in [0.15, 0.2) is 18.2 Å². The molecule has 1 aromatic heterocycles. The van der Waals surface area contributed by atoms with Crippen LogP contribution in [0.15, 0.2) is 68.9 Å². The summed E-state index contributed by atoms with van der Waals surface area (Å²) in [6.07, 6.45) is 0. The Labute approximate surface area is 147 Å². The maximum Gasteiger partial charge on any atom is 0.345 e. The van der Waals surface area contributed by atoms with Gasteiger partial charge in [-0.15, -0.1) is 0 Å². The fourth-order valence-corrected chi connectivity index (χ4v) is 2.26. The number of para-hydroxylation sites is 2. The van der Waals surface area contributed by atoms with E-state index in [-0.39, 0.29) is 17.0 Å². The molecule has 1 amide bonds. The largest absolute Gasteiger partial charge is 0.481 e. The summed E-state index contributed by atoms with van der Waals surface area (Å²) < 4.78 is 23.7. The van der Waals surface area contributed by atoms with Gasteiger partial charge in [0.1, 0.15) is 5.58 Å². The molecule has 0 aliphatic rings. The van der Waals surface area contributed by atoms with Crippen molar-refractivity contribution in [2.75, 3.05) is 6.61 Å². The average molecular weight is 354 g/mol. The van der Waals surface area contributed by atoms with Crippen LogP contribution >= 0.6 is 0 Å². The van der Waals surface area contributed by atoms with Crippen molar-refractivity contribution in [1.82, 2.24) is 5.43 Å². The van der Waals surface area contributed by atoms with Crippen LogP contribution in [0.1, 0.15) is 12.5 Å². The van der Waals surface area contributed by atoms with Gasteiger partial charge in [0.05, 0.1) is 11.3 Å². The first-order valence-corrected chi connectivity index (χ1v) is 7.78. The van der Waals surface area contributed by atoms with E-state index in [1.165, 1.54) is 18.2 Å². The van der Waals surface area contributed by atoms with Crippen molar-refractivity contribution in [3.63, 3.8) is 0 Å². The summed E-state index contributed by atoms with van der Waals surface area (Å²) in [4.78, 5) is 23.8. The number of ether oxygens (including phenoxy) is 1. The molecule has 7 heteroatoms. The van der Waals surface area contributed by atoms with E-state index in [1.807, 2.05) is 6.07 Å². The number of nitrogens with one attached hydrogen (secondary N) is 1. The van der Waals surface area contributed by atoms with Crippen LogP contribution in [0.2, 0.25) is 0 Å². The molecule has 0 spiro atoms. The Hall–Kier alpha value is -3.48. The lowest BCUT2D eigenvalue weighted by molar-refractivity contribution is -0.123. The normalized spacial score (nSPS) is 11.4. The third-order valence-corrected chi connectivity index (χ3v) is 3.57. The summed E-state index contributed by atoms with van der Waals surface area (Å²) in [6.45, 7) is 1.16. The highest BCUT2D eigenvalue weighted by atomic mass is 19.1. The third-order valence-electron chi connectivity index (χ3n) is 3.57. The summed E-state index contributed by atoms with van der Waals surface area (Å²) in [5, 5.41) is 4.62. The molecular formula is C19H15FN2O4. The van der Waals surface area contributed by atoms with E-state index >= 15 is 0 Å². The average Bonchev–Trinajstić information content (AvgIpc) is 2.65. The quantitative estimate of drug-likeness (QED) is 0.434. The molecule has 3 rings (SSSR count). The Morgan fingerprint density at radius 3 is 2.73 bits per heavy atom. The molecule has 1 N–H and O–H groups in total. The first kappa shape index (κ1) is 17.3. The van der Waals surface area contributed by atoms with Crippen LogP contribution in [-0.4, -0.2) is 18.2 Å². The van der Waals surface area contributed by atoms with Crippen molar-refractivity contribution < 1.29 is 18.3 Å². The van der Waals surface area contributed by atoms with Gasteiger partial charge in [-0.1, -0.05) is 30.3 Å². The van der Waals surface area contributed by atoms with Crippen LogP contribution in [0, 0.1) is 5.82 Å². The standard InChI is InChI=1S/C19H15FN2O4/c1-12(14-10-13-6-2-4-8-16(13)26-19(14)24)21-22-18(23)11-25-17-9-5-3-7-15(17)20/h2-10H,11H2,1H3,(H,22,23)/b21-12-. The molecule has 0 unspecified atom stereocenters. The van der Waals surface area contributed by atoms with E-state index in [1.54, 1.807) is 37.3 Å². The van der Waals surface area contributed by atoms with E-state index in [0.717, 1.165) is 5.39 Å². The molecular weight excluding hydrogens is 339 g/mol. The van der Waals surface area contributed by atoms with Crippen LogP contribution in [0.3, 0.4) is 0 Å².